The number of imidazole rings is 1. The first-order valence-corrected chi connectivity index (χ1v) is 4.38. The van der Waals surface area contributed by atoms with E-state index in [-0.39, 0.29) is 18.3 Å². The van der Waals surface area contributed by atoms with Crippen molar-refractivity contribution in [2.75, 3.05) is 0 Å². The van der Waals surface area contributed by atoms with Gasteiger partial charge in [-0.3, -0.25) is 4.79 Å². The Bertz CT molecular complexity index is 346. The fraction of sp³-hybridized carbons (Fsp3) is 0.375. The number of amidine groups is 1. The first kappa shape index (κ1) is 11.0. The van der Waals surface area contributed by atoms with Crippen LogP contribution in [0.2, 0.25) is 0 Å². The monoisotopic (exact) mass is 211 g/mol. The summed E-state index contributed by atoms with van der Waals surface area (Å²) in [6, 6.07) is 0. The zero-order chi connectivity index (χ0) is 11.3. The normalized spacial score (nSPS) is 13.5. The van der Waals surface area contributed by atoms with Crippen molar-refractivity contribution in [3.05, 3.63) is 18.2 Å². The molecule has 0 spiro atoms. The first-order chi connectivity index (χ1) is 7.15. The second-order valence-corrected chi connectivity index (χ2v) is 3.00. The second-order valence-electron chi connectivity index (χ2n) is 3.00. The lowest BCUT2D eigenvalue weighted by atomic mass is 10.1. The summed E-state index contributed by atoms with van der Waals surface area (Å²) in [5.74, 6) is -0.450. The molecule has 1 amide bonds. The maximum atomic E-state index is 11.4. The molecule has 0 fully saturated rings. The number of nitrogens with two attached hydrogens (primary N) is 1. The summed E-state index contributed by atoms with van der Waals surface area (Å²) in [6.45, 7) is 1.83. The zero-order valence-electron chi connectivity index (χ0n) is 8.27. The zero-order valence-corrected chi connectivity index (χ0v) is 8.27. The molecule has 1 rings (SSSR count). The Morgan fingerprint density at radius 2 is 2.60 bits per heavy atom. The van der Waals surface area contributed by atoms with E-state index < -0.39 is 5.92 Å². The average Bonchev–Trinajstić information content (AvgIpc) is 2.76. The summed E-state index contributed by atoms with van der Waals surface area (Å²) >= 11 is 0. The van der Waals surface area contributed by atoms with Gasteiger partial charge < -0.3 is 21.2 Å². The van der Waals surface area contributed by atoms with Gasteiger partial charge in [-0.25, -0.2) is 4.98 Å². The quantitative estimate of drug-likeness (QED) is 0.230. The van der Waals surface area contributed by atoms with Crippen molar-refractivity contribution in [3.63, 3.8) is 0 Å². The minimum atomic E-state index is -0.662. The maximum absolute atomic E-state index is 11.4. The predicted molar refractivity (Wildman–Crippen MR) is 53.0 cm³/mol. The highest BCUT2D eigenvalue weighted by Crippen LogP contribution is 1.96. The lowest BCUT2D eigenvalue weighted by Gasteiger charge is -2.09. The lowest BCUT2D eigenvalue weighted by molar-refractivity contribution is -0.122. The van der Waals surface area contributed by atoms with Crippen molar-refractivity contribution in [2.45, 2.75) is 13.5 Å². The Hall–Kier alpha value is -2.05. The fourth-order valence-corrected chi connectivity index (χ4v) is 0.939. The number of carbonyl (C=O) groups is 1. The van der Waals surface area contributed by atoms with Crippen LogP contribution in [0.3, 0.4) is 0 Å². The van der Waals surface area contributed by atoms with E-state index in [1.54, 1.807) is 19.3 Å². The van der Waals surface area contributed by atoms with Crippen LogP contribution in [0.4, 0.5) is 0 Å². The summed E-state index contributed by atoms with van der Waals surface area (Å²) in [7, 11) is 0. The van der Waals surface area contributed by atoms with Crippen LogP contribution in [0.15, 0.2) is 17.5 Å². The number of carbonyl (C=O) groups excluding carboxylic acids is 1. The van der Waals surface area contributed by atoms with Gasteiger partial charge in [-0.05, 0) is 6.92 Å². The van der Waals surface area contributed by atoms with Crippen LogP contribution < -0.4 is 11.1 Å². The van der Waals surface area contributed by atoms with Gasteiger partial charge in [0.05, 0.1) is 12.5 Å². The lowest BCUT2D eigenvalue weighted by Crippen LogP contribution is -2.37. The minimum absolute atomic E-state index is 0.119. The number of amides is 1. The molecule has 1 unspecified atom stereocenters. The predicted octanol–water partition coefficient (Wildman–Crippen LogP) is -0.592. The second kappa shape index (κ2) is 4.99. The highest BCUT2D eigenvalue weighted by atomic mass is 16.4. The van der Waals surface area contributed by atoms with Gasteiger partial charge in [0.15, 0.2) is 5.84 Å². The van der Waals surface area contributed by atoms with Crippen molar-refractivity contribution < 1.29 is 10.0 Å². The van der Waals surface area contributed by atoms with Crippen LogP contribution in [0.1, 0.15) is 12.7 Å². The third-order valence-electron chi connectivity index (χ3n) is 1.94. The molecule has 5 N–H and O–H groups in total. The van der Waals surface area contributed by atoms with E-state index in [0.29, 0.717) is 5.82 Å². The number of hydrogen-bond acceptors (Lipinski definition) is 4. The van der Waals surface area contributed by atoms with E-state index in [4.69, 9.17) is 10.9 Å². The third-order valence-corrected chi connectivity index (χ3v) is 1.94. The Morgan fingerprint density at radius 1 is 1.87 bits per heavy atom. The largest absolute Gasteiger partial charge is 0.409 e. The number of aromatic amines is 1. The number of hydrogen-bond donors (Lipinski definition) is 4. The molecule has 0 aliphatic carbocycles. The molecule has 0 saturated carbocycles. The molecule has 1 aromatic heterocycles. The summed E-state index contributed by atoms with van der Waals surface area (Å²) in [4.78, 5) is 18.2. The fourth-order valence-electron chi connectivity index (χ4n) is 0.939. The van der Waals surface area contributed by atoms with Crippen LogP contribution in [0.5, 0.6) is 0 Å². The van der Waals surface area contributed by atoms with E-state index in [9.17, 15) is 4.79 Å². The Morgan fingerprint density at radius 3 is 3.13 bits per heavy atom. The summed E-state index contributed by atoms with van der Waals surface area (Å²) in [5, 5.41) is 13.7. The molecule has 1 heterocycles. The molecule has 7 nitrogen and oxygen atoms in total. The molecule has 1 atom stereocenters. The Kier molecular flexibility index (Phi) is 3.67. The van der Waals surface area contributed by atoms with Crippen LogP contribution in [0.25, 0.3) is 0 Å². The highest BCUT2D eigenvalue weighted by Gasteiger charge is 2.17. The molecule has 15 heavy (non-hydrogen) atoms. The van der Waals surface area contributed by atoms with E-state index in [0.717, 1.165) is 0 Å². The van der Waals surface area contributed by atoms with E-state index in [1.807, 2.05) is 0 Å². The molecule has 82 valence electrons. The maximum Gasteiger partial charge on any atom is 0.230 e. The molecule has 0 radical (unpaired) electrons. The first-order valence-electron chi connectivity index (χ1n) is 4.38. The molecule has 0 aliphatic heterocycles. The Labute approximate surface area is 86.4 Å². The van der Waals surface area contributed by atoms with E-state index >= 15 is 0 Å². The molecular weight excluding hydrogens is 198 g/mol. The van der Waals surface area contributed by atoms with Gasteiger partial charge in [0.1, 0.15) is 5.82 Å². The van der Waals surface area contributed by atoms with Gasteiger partial charge in [0, 0.05) is 12.4 Å². The van der Waals surface area contributed by atoms with Gasteiger partial charge in [-0.2, -0.15) is 0 Å². The highest BCUT2D eigenvalue weighted by molar-refractivity contribution is 6.01. The van der Waals surface area contributed by atoms with Crippen LogP contribution in [-0.2, 0) is 11.3 Å². The minimum Gasteiger partial charge on any atom is -0.409 e. The molecule has 0 aliphatic rings. The summed E-state index contributed by atoms with van der Waals surface area (Å²) in [6.07, 6.45) is 3.25. The number of nitrogens with zero attached hydrogens (tertiary/aromatic N) is 2. The van der Waals surface area contributed by atoms with Crippen molar-refractivity contribution in [2.24, 2.45) is 16.8 Å². The van der Waals surface area contributed by atoms with Gasteiger partial charge in [-0.15, -0.1) is 0 Å². The van der Waals surface area contributed by atoms with Crippen LogP contribution >= 0.6 is 0 Å². The summed E-state index contributed by atoms with van der Waals surface area (Å²) < 4.78 is 0. The van der Waals surface area contributed by atoms with Crippen molar-refractivity contribution >= 4 is 11.7 Å². The molecule has 7 heteroatoms. The number of rotatable bonds is 4. The topological polar surface area (TPSA) is 116 Å². The molecule has 1 aromatic rings. The third kappa shape index (κ3) is 2.97. The summed E-state index contributed by atoms with van der Waals surface area (Å²) in [5.41, 5.74) is 5.28. The number of nitrogens with one attached hydrogen (secondary N) is 2. The number of aromatic nitrogens is 2. The van der Waals surface area contributed by atoms with Crippen molar-refractivity contribution in [1.29, 1.82) is 0 Å². The van der Waals surface area contributed by atoms with Crippen LogP contribution in [-0.4, -0.2) is 26.9 Å². The van der Waals surface area contributed by atoms with Gasteiger partial charge >= 0.3 is 0 Å². The van der Waals surface area contributed by atoms with Gasteiger partial charge in [0.2, 0.25) is 5.91 Å². The van der Waals surface area contributed by atoms with Gasteiger partial charge in [-0.1, -0.05) is 5.16 Å². The molecular formula is C8H13N5O2. The van der Waals surface area contributed by atoms with Gasteiger partial charge in [0.25, 0.3) is 0 Å². The Balaban J connectivity index is 2.43. The SMILES string of the molecule is CC(C(=O)NCc1ncc[nH]1)C(N)=NO. The average molecular weight is 211 g/mol. The molecule has 0 aromatic carbocycles. The standard InChI is InChI=1S/C8H13N5O2/c1-5(7(9)13-15)8(14)12-4-6-10-2-3-11-6/h2-3,5,15H,4H2,1H3,(H2,9,13)(H,10,11)(H,12,14). The van der Waals surface area contributed by atoms with Crippen LogP contribution in [0, 0.1) is 5.92 Å². The molecule has 0 saturated heterocycles. The van der Waals surface area contributed by atoms with Crippen molar-refractivity contribution in [3.8, 4) is 0 Å². The molecule has 0 bridgehead atoms. The van der Waals surface area contributed by atoms with Crippen molar-refractivity contribution in [1.82, 2.24) is 15.3 Å². The number of H-pyrrole nitrogens is 1. The van der Waals surface area contributed by atoms with E-state index in [2.05, 4.69) is 20.4 Å². The number of oxime groups is 1. The van der Waals surface area contributed by atoms with E-state index in [1.165, 1.54) is 0 Å². The smallest absolute Gasteiger partial charge is 0.230 e.